The molecule has 5 heteroatoms. The van der Waals surface area contributed by atoms with E-state index in [2.05, 4.69) is 53.9 Å². The average Bonchev–Trinajstić information content (AvgIpc) is 2.86. The number of nitrogens with zero attached hydrogens (tertiary/aromatic N) is 1. The number of halogens is 1. The minimum atomic E-state index is 0. The number of nitrogens with one attached hydrogen (secondary N) is 2. The number of thiophene rings is 1. The van der Waals surface area contributed by atoms with E-state index >= 15 is 0 Å². The largest absolute Gasteiger partial charge is 0.356 e. The summed E-state index contributed by atoms with van der Waals surface area (Å²) in [6.07, 6.45) is 1.17. The molecule has 0 saturated carbocycles. The Morgan fingerprint density at radius 3 is 2.58 bits per heavy atom. The van der Waals surface area contributed by atoms with Gasteiger partial charge in [0.1, 0.15) is 0 Å². The van der Waals surface area contributed by atoms with Crippen LogP contribution in [0.25, 0.3) is 0 Å². The predicted octanol–water partition coefficient (Wildman–Crippen LogP) is 3.68. The topological polar surface area (TPSA) is 36.4 Å². The summed E-state index contributed by atoms with van der Waals surface area (Å²) in [5.74, 6) is 2.15. The molecule has 1 heterocycles. The number of hydrogen-bond acceptors (Lipinski definition) is 2. The van der Waals surface area contributed by atoms with Crippen molar-refractivity contribution >= 4 is 41.3 Å². The third-order valence-electron chi connectivity index (χ3n) is 2.84. The van der Waals surface area contributed by atoms with E-state index in [-0.39, 0.29) is 24.0 Å². The molecule has 3 nitrogen and oxygen atoms in total. The van der Waals surface area contributed by atoms with Gasteiger partial charge in [0, 0.05) is 30.9 Å². The first-order valence-electron chi connectivity index (χ1n) is 6.61. The smallest absolute Gasteiger partial charge is 0.190 e. The summed E-state index contributed by atoms with van der Waals surface area (Å²) in [6, 6.07) is 4.29. The van der Waals surface area contributed by atoms with Crippen molar-refractivity contribution in [2.24, 2.45) is 10.9 Å². The predicted molar refractivity (Wildman–Crippen MR) is 97.0 cm³/mol. The first kappa shape index (κ1) is 18.7. The minimum Gasteiger partial charge on any atom is -0.356 e. The van der Waals surface area contributed by atoms with Crippen LogP contribution in [0.15, 0.2) is 22.5 Å². The fourth-order valence-corrected chi connectivity index (χ4v) is 2.41. The molecule has 1 atom stereocenters. The van der Waals surface area contributed by atoms with E-state index < -0.39 is 0 Å². The number of rotatable bonds is 6. The zero-order valence-corrected chi connectivity index (χ0v) is 15.4. The van der Waals surface area contributed by atoms with Gasteiger partial charge >= 0.3 is 0 Å². The van der Waals surface area contributed by atoms with E-state index in [9.17, 15) is 0 Å². The van der Waals surface area contributed by atoms with Crippen molar-refractivity contribution < 1.29 is 0 Å². The summed E-state index contributed by atoms with van der Waals surface area (Å²) in [4.78, 5) is 5.65. The van der Waals surface area contributed by atoms with Gasteiger partial charge in [0.15, 0.2) is 5.96 Å². The van der Waals surface area contributed by atoms with E-state index in [0.29, 0.717) is 5.92 Å². The molecular weight excluding hydrogens is 369 g/mol. The summed E-state index contributed by atoms with van der Waals surface area (Å²) in [7, 11) is 1.82. The molecule has 1 aromatic rings. The van der Waals surface area contributed by atoms with Crippen molar-refractivity contribution in [2.45, 2.75) is 33.1 Å². The Hall–Kier alpha value is -0.300. The van der Waals surface area contributed by atoms with Crippen LogP contribution in [-0.4, -0.2) is 26.1 Å². The van der Waals surface area contributed by atoms with E-state index in [0.717, 1.165) is 25.0 Å². The summed E-state index contributed by atoms with van der Waals surface area (Å²) in [5.41, 5.74) is 0. The van der Waals surface area contributed by atoms with Crippen LogP contribution in [0.2, 0.25) is 0 Å². The molecule has 0 radical (unpaired) electrons. The van der Waals surface area contributed by atoms with Gasteiger partial charge in [-0.05, 0) is 23.8 Å². The van der Waals surface area contributed by atoms with Crippen LogP contribution in [0.5, 0.6) is 0 Å². The maximum Gasteiger partial charge on any atom is 0.190 e. The Morgan fingerprint density at radius 2 is 2.05 bits per heavy atom. The zero-order valence-electron chi connectivity index (χ0n) is 12.3. The second-order valence-electron chi connectivity index (χ2n) is 4.98. The second kappa shape index (κ2) is 10.5. The lowest BCUT2D eigenvalue weighted by atomic mass is 10.1. The van der Waals surface area contributed by atoms with Gasteiger partial charge in [-0.1, -0.05) is 26.8 Å². The van der Waals surface area contributed by atoms with Crippen LogP contribution in [0, 0.1) is 5.92 Å². The summed E-state index contributed by atoms with van der Waals surface area (Å²) in [5, 5.41) is 8.85. The van der Waals surface area contributed by atoms with Gasteiger partial charge in [-0.3, -0.25) is 4.99 Å². The molecule has 0 aliphatic heterocycles. The Kier molecular flexibility index (Phi) is 10.3. The molecule has 0 amide bonds. The van der Waals surface area contributed by atoms with Gasteiger partial charge in [-0.25, -0.2) is 0 Å². The van der Waals surface area contributed by atoms with Crippen LogP contribution < -0.4 is 10.6 Å². The molecular formula is C14H26IN3S. The van der Waals surface area contributed by atoms with E-state index in [4.69, 9.17) is 0 Å². The molecule has 0 aliphatic rings. The van der Waals surface area contributed by atoms with Crippen LogP contribution in [0.3, 0.4) is 0 Å². The molecule has 1 rings (SSSR count). The highest BCUT2D eigenvalue weighted by Gasteiger charge is 2.07. The van der Waals surface area contributed by atoms with Crippen LogP contribution in [0.1, 0.15) is 38.0 Å². The van der Waals surface area contributed by atoms with E-state index in [1.54, 1.807) is 0 Å². The molecule has 1 unspecified atom stereocenters. The highest BCUT2D eigenvalue weighted by molar-refractivity contribution is 14.0. The summed E-state index contributed by atoms with van der Waals surface area (Å²) in [6.45, 7) is 8.60. The zero-order chi connectivity index (χ0) is 13.4. The van der Waals surface area contributed by atoms with Gasteiger partial charge in [0.2, 0.25) is 0 Å². The fourth-order valence-electron chi connectivity index (χ4n) is 1.62. The molecule has 0 fully saturated rings. The van der Waals surface area contributed by atoms with Gasteiger partial charge in [0.05, 0.1) is 0 Å². The SMILES string of the molecule is CN=C(NCCC(C)C)NCC(C)c1cccs1.I. The third kappa shape index (κ3) is 7.77. The van der Waals surface area contributed by atoms with Crippen molar-refractivity contribution in [2.75, 3.05) is 20.1 Å². The van der Waals surface area contributed by atoms with Crippen molar-refractivity contribution in [3.05, 3.63) is 22.4 Å². The Morgan fingerprint density at radius 1 is 1.32 bits per heavy atom. The standard InChI is InChI=1S/C14H25N3S.HI/c1-11(2)7-8-16-14(15-4)17-10-12(3)13-6-5-9-18-13;/h5-6,9,11-12H,7-8,10H2,1-4H3,(H2,15,16,17);1H. The first-order valence-corrected chi connectivity index (χ1v) is 7.49. The summed E-state index contributed by atoms with van der Waals surface area (Å²) >= 11 is 1.81. The van der Waals surface area contributed by atoms with Crippen LogP contribution in [0.4, 0.5) is 0 Å². The van der Waals surface area contributed by atoms with Gasteiger partial charge in [-0.2, -0.15) is 0 Å². The molecule has 0 spiro atoms. The lowest BCUT2D eigenvalue weighted by molar-refractivity contribution is 0.572. The van der Waals surface area contributed by atoms with Crippen LogP contribution >= 0.6 is 35.3 Å². The fraction of sp³-hybridized carbons (Fsp3) is 0.643. The lowest BCUT2D eigenvalue weighted by Crippen LogP contribution is -2.39. The molecule has 0 bridgehead atoms. The number of hydrogen-bond donors (Lipinski definition) is 2. The summed E-state index contributed by atoms with van der Waals surface area (Å²) < 4.78 is 0. The number of aliphatic imine (C=N–C) groups is 1. The van der Waals surface area contributed by atoms with Crippen molar-refractivity contribution in [3.8, 4) is 0 Å². The second-order valence-corrected chi connectivity index (χ2v) is 5.96. The van der Waals surface area contributed by atoms with Gasteiger partial charge in [-0.15, -0.1) is 35.3 Å². The highest BCUT2D eigenvalue weighted by Crippen LogP contribution is 2.19. The maximum atomic E-state index is 4.24. The molecule has 0 saturated heterocycles. The quantitative estimate of drug-likeness (QED) is 0.438. The minimum absolute atomic E-state index is 0. The van der Waals surface area contributed by atoms with Gasteiger partial charge < -0.3 is 10.6 Å². The third-order valence-corrected chi connectivity index (χ3v) is 3.95. The average molecular weight is 395 g/mol. The van der Waals surface area contributed by atoms with Crippen molar-refractivity contribution in [3.63, 3.8) is 0 Å². The highest BCUT2D eigenvalue weighted by atomic mass is 127. The molecule has 2 N–H and O–H groups in total. The monoisotopic (exact) mass is 395 g/mol. The molecule has 0 aromatic carbocycles. The lowest BCUT2D eigenvalue weighted by Gasteiger charge is -2.15. The van der Waals surface area contributed by atoms with E-state index in [1.165, 1.54) is 11.3 Å². The number of guanidine groups is 1. The van der Waals surface area contributed by atoms with Crippen molar-refractivity contribution in [1.29, 1.82) is 0 Å². The maximum absolute atomic E-state index is 4.24. The Bertz CT molecular complexity index is 350. The molecule has 110 valence electrons. The Labute approximate surface area is 138 Å². The van der Waals surface area contributed by atoms with Crippen LogP contribution in [-0.2, 0) is 0 Å². The normalized spacial score (nSPS) is 13.0. The van der Waals surface area contributed by atoms with E-state index in [1.807, 2.05) is 18.4 Å². The molecule has 0 aliphatic carbocycles. The van der Waals surface area contributed by atoms with Gasteiger partial charge in [0.25, 0.3) is 0 Å². The molecule has 19 heavy (non-hydrogen) atoms. The molecule has 1 aromatic heterocycles. The first-order chi connectivity index (χ1) is 8.63. The van der Waals surface area contributed by atoms with Crippen molar-refractivity contribution in [1.82, 2.24) is 10.6 Å². The Balaban J connectivity index is 0.00000324.